The minimum Gasteiger partial charge on any atom is -0.467 e. The van der Waals surface area contributed by atoms with E-state index in [-0.39, 0.29) is 30.4 Å². The lowest BCUT2D eigenvalue weighted by molar-refractivity contribution is -0.154. The van der Waals surface area contributed by atoms with Crippen LogP contribution in [-0.2, 0) is 4.79 Å². The summed E-state index contributed by atoms with van der Waals surface area (Å²) in [6, 6.07) is 7.71. The molecule has 1 saturated heterocycles. The van der Waals surface area contributed by atoms with E-state index in [2.05, 4.69) is 15.0 Å². The standard InChI is InChI=1S/C21H16F3N3O6S/c22-21(23,24)10-31-18-13(2-1-5-26-18)17(28)25-6-7-27-19(29)16(34-20(27)30)9-12-3-4-14-15(8-12)33-11-32-14/h1-5,8-9H,6-7,10-11H2,(H,25,28)/b16-9-. The molecule has 1 fully saturated rings. The monoisotopic (exact) mass is 495 g/mol. The molecular formula is C21H16F3N3O6S. The maximum atomic E-state index is 12.6. The molecule has 2 aliphatic rings. The van der Waals surface area contributed by atoms with Crippen LogP contribution in [0.4, 0.5) is 18.0 Å². The number of ether oxygens (including phenoxy) is 3. The van der Waals surface area contributed by atoms with Crippen molar-refractivity contribution in [2.75, 3.05) is 26.5 Å². The number of nitrogens with zero attached hydrogens (tertiary/aromatic N) is 2. The van der Waals surface area contributed by atoms with Gasteiger partial charge in [-0.1, -0.05) is 6.07 Å². The van der Waals surface area contributed by atoms with Crippen molar-refractivity contribution in [3.8, 4) is 17.4 Å². The number of rotatable bonds is 7. The van der Waals surface area contributed by atoms with E-state index < -0.39 is 35.7 Å². The smallest absolute Gasteiger partial charge is 0.422 e. The quantitative estimate of drug-likeness (QED) is 0.584. The van der Waals surface area contributed by atoms with Gasteiger partial charge in [-0.25, -0.2) is 4.98 Å². The summed E-state index contributed by atoms with van der Waals surface area (Å²) < 4.78 is 52.4. The zero-order valence-electron chi connectivity index (χ0n) is 17.3. The fraction of sp³-hybridized carbons (Fsp3) is 0.238. The van der Waals surface area contributed by atoms with Crippen LogP contribution in [0.3, 0.4) is 0 Å². The highest BCUT2D eigenvalue weighted by molar-refractivity contribution is 8.18. The number of carbonyl (C=O) groups is 3. The molecule has 0 saturated carbocycles. The molecule has 0 atom stereocenters. The van der Waals surface area contributed by atoms with Gasteiger partial charge < -0.3 is 19.5 Å². The van der Waals surface area contributed by atoms with Crippen molar-refractivity contribution < 1.29 is 41.8 Å². The molecule has 3 heterocycles. The maximum absolute atomic E-state index is 12.6. The molecule has 2 aromatic rings. The average molecular weight is 495 g/mol. The van der Waals surface area contributed by atoms with Crippen molar-refractivity contribution in [1.29, 1.82) is 0 Å². The molecule has 2 aliphatic heterocycles. The molecule has 1 N–H and O–H groups in total. The summed E-state index contributed by atoms with van der Waals surface area (Å²) in [5.41, 5.74) is 0.439. The van der Waals surface area contributed by atoms with Crippen LogP contribution in [0.15, 0.2) is 41.4 Å². The molecule has 34 heavy (non-hydrogen) atoms. The summed E-state index contributed by atoms with van der Waals surface area (Å²) in [4.78, 5) is 42.1. The SMILES string of the molecule is O=C(NCCN1C(=O)S/C(=C\c2ccc3c(c2)OCO3)C1=O)c1cccnc1OCC(F)(F)F. The Morgan fingerprint density at radius 1 is 1.24 bits per heavy atom. The Morgan fingerprint density at radius 3 is 2.82 bits per heavy atom. The van der Waals surface area contributed by atoms with Gasteiger partial charge in [0.2, 0.25) is 12.7 Å². The van der Waals surface area contributed by atoms with Crippen molar-refractivity contribution >= 4 is 34.9 Å². The van der Waals surface area contributed by atoms with Gasteiger partial charge in [0.05, 0.1) is 4.91 Å². The predicted molar refractivity (Wildman–Crippen MR) is 113 cm³/mol. The van der Waals surface area contributed by atoms with Gasteiger partial charge in [-0.2, -0.15) is 13.2 Å². The largest absolute Gasteiger partial charge is 0.467 e. The lowest BCUT2D eigenvalue weighted by Gasteiger charge is -2.14. The number of benzene rings is 1. The van der Waals surface area contributed by atoms with E-state index >= 15 is 0 Å². The number of fused-ring (bicyclic) bond motifs is 1. The Bertz CT molecular complexity index is 1170. The molecule has 13 heteroatoms. The molecule has 1 aromatic heterocycles. The number of nitrogens with one attached hydrogen (secondary N) is 1. The molecule has 0 aliphatic carbocycles. The van der Waals surface area contributed by atoms with Crippen molar-refractivity contribution in [2.24, 2.45) is 0 Å². The first-order valence-corrected chi connectivity index (χ1v) is 10.6. The van der Waals surface area contributed by atoms with Gasteiger partial charge in [-0.05, 0) is 47.7 Å². The Hall–Kier alpha value is -3.74. The molecular weight excluding hydrogens is 479 g/mol. The first-order valence-electron chi connectivity index (χ1n) is 9.79. The number of carbonyl (C=O) groups excluding carboxylic acids is 3. The van der Waals surface area contributed by atoms with Crippen LogP contribution in [-0.4, -0.2) is 59.6 Å². The van der Waals surface area contributed by atoms with Gasteiger partial charge in [-0.3, -0.25) is 19.3 Å². The summed E-state index contributed by atoms with van der Waals surface area (Å²) >= 11 is 0.754. The molecule has 9 nitrogen and oxygen atoms in total. The molecule has 3 amide bonds. The second-order valence-corrected chi connectivity index (χ2v) is 7.96. The van der Waals surface area contributed by atoms with Gasteiger partial charge in [-0.15, -0.1) is 0 Å². The highest BCUT2D eigenvalue weighted by Crippen LogP contribution is 2.36. The van der Waals surface area contributed by atoms with E-state index in [1.807, 2.05) is 0 Å². The Labute approximate surface area is 194 Å². The third-order valence-electron chi connectivity index (χ3n) is 4.58. The zero-order valence-corrected chi connectivity index (χ0v) is 18.1. The molecule has 0 radical (unpaired) electrons. The molecule has 0 spiro atoms. The van der Waals surface area contributed by atoms with Crippen LogP contribution in [0.2, 0.25) is 0 Å². The Balaban J connectivity index is 1.35. The summed E-state index contributed by atoms with van der Waals surface area (Å²) in [7, 11) is 0. The second kappa shape index (κ2) is 9.63. The molecule has 4 rings (SSSR count). The number of imide groups is 1. The third kappa shape index (κ3) is 5.42. The van der Waals surface area contributed by atoms with Crippen LogP contribution in [0.5, 0.6) is 17.4 Å². The fourth-order valence-electron chi connectivity index (χ4n) is 3.05. The van der Waals surface area contributed by atoms with Crippen molar-refractivity contribution in [1.82, 2.24) is 15.2 Å². The topological polar surface area (TPSA) is 107 Å². The van der Waals surface area contributed by atoms with Crippen LogP contribution >= 0.6 is 11.8 Å². The number of alkyl halides is 3. The molecule has 178 valence electrons. The molecule has 1 aromatic carbocycles. The average Bonchev–Trinajstić information content (AvgIpc) is 3.36. The van der Waals surface area contributed by atoms with E-state index in [4.69, 9.17) is 9.47 Å². The number of pyridine rings is 1. The van der Waals surface area contributed by atoms with Gasteiger partial charge in [0.1, 0.15) is 5.56 Å². The summed E-state index contributed by atoms with van der Waals surface area (Å²) in [6.45, 7) is -1.75. The molecule has 0 bridgehead atoms. The first kappa shape index (κ1) is 23.4. The summed E-state index contributed by atoms with van der Waals surface area (Å²) in [5, 5.41) is 1.94. The zero-order chi connectivity index (χ0) is 24.3. The number of hydrogen-bond donors (Lipinski definition) is 1. The Morgan fingerprint density at radius 2 is 2.03 bits per heavy atom. The summed E-state index contributed by atoms with van der Waals surface area (Å²) in [6.07, 6.45) is -1.86. The minimum absolute atomic E-state index is 0.107. The molecule has 0 unspecified atom stereocenters. The van der Waals surface area contributed by atoms with Crippen molar-refractivity contribution in [3.05, 3.63) is 52.6 Å². The number of amides is 3. The van der Waals surface area contributed by atoms with Gasteiger partial charge in [0.15, 0.2) is 18.1 Å². The van der Waals surface area contributed by atoms with E-state index in [1.165, 1.54) is 18.3 Å². The van der Waals surface area contributed by atoms with Crippen molar-refractivity contribution in [2.45, 2.75) is 6.18 Å². The highest BCUT2D eigenvalue weighted by atomic mass is 32.2. The van der Waals surface area contributed by atoms with Crippen LogP contribution < -0.4 is 19.5 Å². The van der Waals surface area contributed by atoms with Crippen LogP contribution in [0.1, 0.15) is 15.9 Å². The van der Waals surface area contributed by atoms with E-state index in [0.29, 0.717) is 17.1 Å². The second-order valence-electron chi connectivity index (χ2n) is 6.96. The van der Waals surface area contributed by atoms with Gasteiger partial charge >= 0.3 is 6.18 Å². The first-order chi connectivity index (χ1) is 16.2. The number of hydrogen-bond acceptors (Lipinski definition) is 8. The number of aromatic nitrogens is 1. The number of thioether (sulfide) groups is 1. The van der Waals surface area contributed by atoms with E-state index in [0.717, 1.165) is 16.7 Å². The lowest BCUT2D eigenvalue weighted by atomic mass is 10.2. The summed E-state index contributed by atoms with van der Waals surface area (Å²) in [5.74, 6) is -0.646. The van der Waals surface area contributed by atoms with E-state index in [9.17, 15) is 27.6 Å². The van der Waals surface area contributed by atoms with Gasteiger partial charge in [0.25, 0.3) is 17.1 Å². The predicted octanol–water partition coefficient (Wildman–Crippen LogP) is 3.22. The van der Waals surface area contributed by atoms with Crippen LogP contribution in [0.25, 0.3) is 6.08 Å². The normalized spacial score (nSPS) is 16.3. The fourth-order valence-corrected chi connectivity index (χ4v) is 3.92. The Kier molecular flexibility index (Phi) is 6.63. The maximum Gasteiger partial charge on any atom is 0.422 e. The van der Waals surface area contributed by atoms with Gasteiger partial charge in [0, 0.05) is 19.3 Å². The van der Waals surface area contributed by atoms with Crippen molar-refractivity contribution in [3.63, 3.8) is 0 Å². The third-order valence-corrected chi connectivity index (χ3v) is 5.48. The lowest BCUT2D eigenvalue weighted by Crippen LogP contribution is -2.37. The number of halogens is 3. The van der Waals surface area contributed by atoms with Crippen LogP contribution in [0, 0.1) is 0 Å². The minimum atomic E-state index is -4.59. The highest BCUT2D eigenvalue weighted by Gasteiger charge is 2.35. The van der Waals surface area contributed by atoms with E-state index in [1.54, 1.807) is 24.3 Å².